The van der Waals surface area contributed by atoms with Crippen LogP contribution >= 0.6 is 15.9 Å². The lowest BCUT2D eigenvalue weighted by molar-refractivity contribution is 0.0938. The lowest BCUT2D eigenvalue weighted by Crippen LogP contribution is -2.35. The van der Waals surface area contributed by atoms with E-state index in [-0.39, 0.29) is 11.9 Å². The van der Waals surface area contributed by atoms with Gasteiger partial charge in [-0.15, -0.1) is 0 Å². The molecule has 0 aromatic heterocycles. The van der Waals surface area contributed by atoms with Gasteiger partial charge >= 0.3 is 0 Å². The molecule has 0 radical (unpaired) electrons. The molecule has 1 N–H and O–H groups in total. The number of rotatable bonds is 2. The summed E-state index contributed by atoms with van der Waals surface area (Å²) in [5.41, 5.74) is 4.54. The van der Waals surface area contributed by atoms with Crippen molar-refractivity contribution in [3.8, 4) is 0 Å². The SMILES string of the molecule is Cc1ccc(C(=O)NC2Cc3ccccc3C2)c(Br)c1. The zero-order valence-electron chi connectivity index (χ0n) is 11.3. The van der Waals surface area contributed by atoms with Crippen LogP contribution in [0, 0.1) is 6.92 Å². The molecule has 1 amide bonds. The van der Waals surface area contributed by atoms with Crippen molar-refractivity contribution >= 4 is 21.8 Å². The van der Waals surface area contributed by atoms with Gasteiger partial charge in [-0.3, -0.25) is 4.79 Å². The van der Waals surface area contributed by atoms with E-state index >= 15 is 0 Å². The highest BCUT2D eigenvalue weighted by Crippen LogP contribution is 2.23. The Morgan fingerprint density at radius 2 is 1.80 bits per heavy atom. The van der Waals surface area contributed by atoms with E-state index in [0.29, 0.717) is 5.56 Å². The lowest BCUT2D eigenvalue weighted by atomic mass is 10.1. The zero-order chi connectivity index (χ0) is 14.1. The van der Waals surface area contributed by atoms with Crippen molar-refractivity contribution in [1.29, 1.82) is 0 Å². The van der Waals surface area contributed by atoms with Gasteiger partial charge in [-0.05, 0) is 64.5 Å². The smallest absolute Gasteiger partial charge is 0.252 e. The van der Waals surface area contributed by atoms with Crippen molar-refractivity contribution in [2.75, 3.05) is 0 Å². The number of benzene rings is 2. The van der Waals surface area contributed by atoms with E-state index in [2.05, 4.69) is 45.5 Å². The van der Waals surface area contributed by atoms with E-state index in [1.54, 1.807) is 0 Å². The van der Waals surface area contributed by atoms with Crippen LogP contribution in [0.25, 0.3) is 0 Å². The Morgan fingerprint density at radius 1 is 1.15 bits per heavy atom. The van der Waals surface area contributed by atoms with Gasteiger partial charge in [-0.25, -0.2) is 0 Å². The highest BCUT2D eigenvalue weighted by atomic mass is 79.9. The second kappa shape index (κ2) is 5.41. The van der Waals surface area contributed by atoms with Crippen LogP contribution in [0.3, 0.4) is 0 Å². The summed E-state index contributed by atoms with van der Waals surface area (Å²) in [4.78, 5) is 12.3. The largest absolute Gasteiger partial charge is 0.349 e. The number of hydrogen-bond donors (Lipinski definition) is 1. The van der Waals surface area contributed by atoms with Gasteiger partial charge in [-0.1, -0.05) is 30.3 Å². The molecule has 0 fully saturated rings. The molecule has 0 unspecified atom stereocenters. The van der Waals surface area contributed by atoms with Crippen LogP contribution < -0.4 is 5.32 Å². The molecular formula is C17H16BrNO. The van der Waals surface area contributed by atoms with Crippen molar-refractivity contribution in [3.05, 3.63) is 69.2 Å². The molecule has 102 valence electrons. The normalized spacial score (nSPS) is 14.1. The Hall–Kier alpha value is -1.61. The minimum atomic E-state index is -0.00492. The molecule has 20 heavy (non-hydrogen) atoms. The van der Waals surface area contributed by atoms with Gasteiger partial charge in [0.2, 0.25) is 0 Å². The zero-order valence-corrected chi connectivity index (χ0v) is 12.9. The number of carbonyl (C=O) groups excluding carboxylic acids is 1. The Labute approximate surface area is 127 Å². The Kier molecular flexibility index (Phi) is 3.62. The van der Waals surface area contributed by atoms with Crippen LogP contribution in [-0.4, -0.2) is 11.9 Å². The Balaban J connectivity index is 1.72. The van der Waals surface area contributed by atoms with Crippen molar-refractivity contribution < 1.29 is 4.79 Å². The summed E-state index contributed by atoms with van der Waals surface area (Å²) < 4.78 is 0.852. The Bertz CT molecular complexity index is 641. The number of fused-ring (bicyclic) bond motifs is 1. The van der Waals surface area contributed by atoms with E-state index in [0.717, 1.165) is 22.9 Å². The quantitative estimate of drug-likeness (QED) is 0.895. The van der Waals surface area contributed by atoms with E-state index < -0.39 is 0 Å². The molecule has 1 aliphatic rings. The summed E-state index contributed by atoms with van der Waals surface area (Å²) in [5, 5.41) is 3.13. The van der Waals surface area contributed by atoms with Gasteiger partial charge < -0.3 is 5.32 Å². The first kappa shape index (κ1) is 13.4. The maximum atomic E-state index is 12.3. The van der Waals surface area contributed by atoms with Gasteiger partial charge in [-0.2, -0.15) is 0 Å². The molecule has 2 nitrogen and oxygen atoms in total. The van der Waals surface area contributed by atoms with E-state index in [4.69, 9.17) is 0 Å². The van der Waals surface area contributed by atoms with Crippen LogP contribution in [0.2, 0.25) is 0 Å². The van der Waals surface area contributed by atoms with Crippen molar-refractivity contribution in [1.82, 2.24) is 5.32 Å². The standard InChI is InChI=1S/C17H16BrNO/c1-11-6-7-15(16(18)8-11)17(20)19-14-9-12-4-2-3-5-13(12)10-14/h2-8,14H,9-10H2,1H3,(H,19,20). The molecule has 0 bridgehead atoms. The predicted molar refractivity (Wildman–Crippen MR) is 84.0 cm³/mol. The molecule has 0 saturated carbocycles. The van der Waals surface area contributed by atoms with Crippen LogP contribution in [-0.2, 0) is 12.8 Å². The van der Waals surface area contributed by atoms with E-state index in [9.17, 15) is 4.79 Å². The van der Waals surface area contributed by atoms with Gasteiger partial charge in [0.05, 0.1) is 5.56 Å². The monoisotopic (exact) mass is 329 g/mol. The van der Waals surface area contributed by atoms with Crippen LogP contribution in [0.4, 0.5) is 0 Å². The third-order valence-electron chi connectivity index (χ3n) is 3.76. The van der Waals surface area contributed by atoms with Crippen molar-refractivity contribution in [2.45, 2.75) is 25.8 Å². The molecule has 2 aromatic rings. The van der Waals surface area contributed by atoms with Gasteiger partial charge in [0.1, 0.15) is 0 Å². The lowest BCUT2D eigenvalue weighted by Gasteiger charge is -2.13. The molecule has 3 rings (SSSR count). The number of halogens is 1. The van der Waals surface area contributed by atoms with Gasteiger partial charge in [0, 0.05) is 10.5 Å². The fourth-order valence-corrected chi connectivity index (χ4v) is 3.40. The number of nitrogens with one attached hydrogen (secondary N) is 1. The fraction of sp³-hybridized carbons (Fsp3) is 0.235. The molecule has 1 aliphatic carbocycles. The molecule has 0 heterocycles. The molecule has 0 spiro atoms. The second-order valence-corrected chi connectivity index (χ2v) is 6.18. The highest BCUT2D eigenvalue weighted by Gasteiger charge is 2.23. The van der Waals surface area contributed by atoms with Crippen LogP contribution in [0.1, 0.15) is 27.0 Å². The first-order chi connectivity index (χ1) is 9.63. The molecule has 0 saturated heterocycles. The topological polar surface area (TPSA) is 29.1 Å². The summed E-state index contributed by atoms with van der Waals surface area (Å²) in [6.45, 7) is 2.01. The molecule has 2 aromatic carbocycles. The van der Waals surface area contributed by atoms with Crippen molar-refractivity contribution in [2.24, 2.45) is 0 Å². The van der Waals surface area contributed by atoms with Crippen LogP contribution in [0.5, 0.6) is 0 Å². The number of amides is 1. The van der Waals surface area contributed by atoms with E-state index in [1.807, 2.05) is 25.1 Å². The summed E-state index contributed by atoms with van der Waals surface area (Å²) in [7, 11) is 0. The molecular weight excluding hydrogens is 314 g/mol. The van der Waals surface area contributed by atoms with E-state index in [1.165, 1.54) is 11.1 Å². The second-order valence-electron chi connectivity index (χ2n) is 5.33. The predicted octanol–water partition coefficient (Wildman–Crippen LogP) is 3.65. The summed E-state index contributed by atoms with van der Waals surface area (Å²) in [5.74, 6) is -0.00492. The summed E-state index contributed by atoms with van der Waals surface area (Å²) >= 11 is 3.46. The maximum absolute atomic E-state index is 12.3. The first-order valence-electron chi connectivity index (χ1n) is 6.77. The van der Waals surface area contributed by atoms with Gasteiger partial charge in [0.15, 0.2) is 0 Å². The summed E-state index contributed by atoms with van der Waals surface area (Å²) in [6, 6.07) is 14.4. The molecule has 0 aliphatic heterocycles. The number of carbonyl (C=O) groups is 1. The number of hydrogen-bond acceptors (Lipinski definition) is 1. The van der Waals surface area contributed by atoms with Crippen LogP contribution in [0.15, 0.2) is 46.9 Å². The average molecular weight is 330 g/mol. The maximum Gasteiger partial charge on any atom is 0.252 e. The minimum absolute atomic E-state index is 0.00492. The number of aryl methyl sites for hydroxylation is 1. The minimum Gasteiger partial charge on any atom is -0.349 e. The first-order valence-corrected chi connectivity index (χ1v) is 7.56. The Morgan fingerprint density at radius 3 is 2.40 bits per heavy atom. The summed E-state index contributed by atoms with van der Waals surface area (Å²) in [6.07, 6.45) is 1.84. The third-order valence-corrected chi connectivity index (χ3v) is 4.41. The van der Waals surface area contributed by atoms with Crippen molar-refractivity contribution in [3.63, 3.8) is 0 Å². The molecule has 3 heteroatoms. The fourth-order valence-electron chi connectivity index (χ4n) is 2.73. The highest BCUT2D eigenvalue weighted by molar-refractivity contribution is 9.10. The average Bonchev–Trinajstić information content (AvgIpc) is 2.80. The third kappa shape index (κ3) is 2.63. The van der Waals surface area contributed by atoms with Gasteiger partial charge in [0.25, 0.3) is 5.91 Å². The molecule has 0 atom stereocenters.